The molecule has 0 bridgehead atoms. The van der Waals surface area contributed by atoms with Gasteiger partial charge in [0.05, 0.1) is 11.7 Å². The Bertz CT molecular complexity index is 381. The average Bonchev–Trinajstić information content (AvgIpc) is 2.83. The Morgan fingerprint density at radius 3 is 2.79 bits per heavy atom. The van der Waals surface area contributed by atoms with Gasteiger partial charge in [-0.1, -0.05) is 20.8 Å². The van der Waals surface area contributed by atoms with Crippen LogP contribution in [0.3, 0.4) is 0 Å². The van der Waals surface area contributed by atoms with E-state index >= 15 is 0 Å². The SMILES string of the molecule is CCC(C)(O)CNC(=O)C1(N)C2CCOC2C1(C)C. The third kappa shape index (κ3) is 1.99. The number of amides is 1. The fourth-order valence-corrected chi connectivity index (χ4v) is 3.39. The van der Waals surface area contributed by atoms with Gasteiger partial charge in [0.25, 0.3) is 0 Å². The van der Waals surface area contributed by atoms with Crippen LogP contribution in [0.1, 0.15) is 40.5 Å². The number of carbonyl (C=O) groups is 1. The maximum atomic E-state index is 12.5. The van der Waals surface area contributed by atoms with Gasteiger partial charge < -0.3 is 20.9 Å². The van der Waals surface area contributed by atoms with Crippen molar-refractivity contribution in [3.63, 3.8) is 0 Å². The van der Waals surface area contributed by atoms with Crippen LogP contribution in [0.2, 0.25) is 0 Å². The molecule has 1 heterocycles. The maximum Gasteiger partial charge on any atom is 0.241 e. The summed E-state index contributed by atoms with van der Waals surface area (Å²) in [5, 5.41) is 12.8. The van der Waals surface area contributed by atoms with E-state index < -0.39 is 11.1 Å². The van der Waals surface area contributed by atoms with Gasteiger partial charge in [0, 0.05) is 24.5 Å². The van der Waals surface area contributed by atoms with E-state index in [1.54, 1.807) is 6.92 Å². The molecule has 1 aliphatic heterocycles. The molecule has 5 nitrogen and oxygen atoms in total. The Balaban J connectivity index is 2.06. The Labute approximate surface area is 114 Å². The molecule has 0 aromatic rings. The first-order valence-electron chi connectivity index (χ1n) is 7.08. The van der Waals surface area contributed by atoms with Crippen molar-refractivity contribution in [2.45, 2.75) is 57.8 Å². The molecule has 110 valence electrons. The number of ether oxygens (including phenoxy) is 1. The lowest BCUT2D eigenvalue weighted by Gasteiger charge is -2.60. The van der Waals surface area contributed by atoms with Crippen molar-refractivity contribution < 1.29 is 14.6 Å². The van der Waals surface area contributed by atoms with E-state index in [0.717, 1.165) is 6.42 Å². The summed E-state index contributed by atoms with van der Waals surface area (Å²) < 4.78 is 5.67. The minimum Gasteiger partial charge on any atom is -0.388 e. The summed E-state index contributed by atoms with van der Waals surface area (Å²) in [6, 6.07) is 0. The molecule has 0 spiro atoms. The van der Waals surface area contributed by atoms with Gasteiger partial charge in [0.15, 0.2) is 0 Å². The van der Waals surface area contributed by atoms with Crippen LogP contribution in [0.15, 0.2) is 0 Å². The van der Waals surface area contributed by atoms with Crippen LogP contribution >= 0.6 is 0 Å². The Morgan fingerprint density at radius 2 is 2.21 bits per heavy atom. The number of rotatable bonds is 4. The zero-order chi connectivity index (χ0) is 14.5. The summed E-state index contributed by atoms with van der Waals surface area (Å²) in [7, 11) is 0. The number of carbonyl (C=O) groups excluding carboxylic acids is 1. The van der Waals surface area contributed by atoms with Crippen molar-refractivity contribution in [3.8, 4) is 0 Å². The van der Waals surface area contributed by atoms with Crippen LogP contribution in [0.25, 0.3) is 0 Å². The predicted octanol–water partition coefficient (Wildman–Crippen LogP) is 0.406. The summed E-state index contributed by atoms with van der Waals surface area (Å²) >= 11 is 0. The van der Waals surface area contributed by atoms with Crippen molar-refractivity contribution in [1.82, 2.24) is 5.32 Å². The lowest BCUT2D eigenvalue weighted by molar-refractivity contribution is -0.176. The van der Waals surface area contributed by atoms with E-state index in [1.165, 1.54) is 0 Å². The number of fused-ring (bicyclic) bond motifs is 1. The summed E-state index contributed by atoms with van der Waals surface area (Å²) in [6.07, 6.45) is 1.50. The summed E-state index contributed by atoms with van der Waals surface area (Å²) in [5.41, 5.74) is 4.27. The summed E-state index contributed by atoms with van der Waals surface area (Å²) in [4.78, 5) is 12.5. The molecule has 4 N–H and O–H groups in total. The molecule has 19 heavy (non-hydrogen) atoms. The second kappa shape index (κ2) is 4.43. The van der Waals surface area contributed by atoms with Crippen LogP contribution in [0.5, 0.6) is 0 Å². The summed E-state index contributed by atoms with van der Waals surface area (Å²) in [5.74, 6) is -0.0768. The smallest absolute Gasteiger partial charge is 0.241 e. The van der Waals surface area contributed by atoms with Gasteiger partial charge in [-0.2, -0.15) is 0 Å². The number of aliphatic hydroxyl groups is 1. The lowest BCUT2D eigenvalue weighted by atomic mass is 9.48. The molecule has 1 amide bonds. The standard InChI is InChI=1S/C14H26N2O3/c1-5-13(4,18)8-16-11(17)14(15)9-6-7-19-10(9)12(14,2)3/h9-10,18H,5-8,15H2,1-4H3,(H,16,17). The largest absolute Gasteiger partial charge is 0.388 e. The van der Waals surface area contributed by atoms with E-state index in [9.17, 15) is 9.90 Å². The van der Waals surface area contributed by atoms with Gasteiger partial charge >= 0.3 is 0 Å². The van der Waals surface area contributed by atoms with Crippen LogP contribution in [-0.4, -0.2) is 41.4 Å². The van der Waals surface area contributed by atoms with Crippen LogP contribution < -0.4 is 11.1 Å². The zero-order valence-corrected chi connectivity index (χ0v) is 12.3. The van der Waals surface area contributed by atoms with E-state index in [4.69, 9.17) is 10.5 Å². The first-order chi connectivity index (χ1) is 8.67. The lowest BCUT2D eigenvalue weighted by Crippen LogP contribution is -2.80. The monoisotopic (exact) mass is 270 g/mol. The Morgan fingerprint density at radius 1 is 1.58 bits per heavy atom. The minimum atomic E-state index is -0.891. The molecule has 1 saturated heterocycles. The normalized spacial score (nSPS) is 39.1. The number of hydrogen-bond acceptors (Lipinski definition) is 4. The number of nitrogens with one attached hydrogen (secondary N) is 1. The zero-order valence-electron chi connectivity index (χ0n) is 12.3. The molecule has 4 atom stereocenters. The van der Waals surface area contributed by atoms with E-state index in [0.29, 0.717) is 13.0 Å². The minimum absolute atomic E-state index is 0.0786. The molecule has 4 unspecified atom stereocenters. The fraction of sp³-hybridized carbons (Fsp3) is 0.929. The first kappa shape index (κ1) is 14.8. The summed E-state index contributed by atoms with van der Waals surface area (Å²) in [6.45, 7) is 8.48. The van der Waals surface area contributed by atoms with Crippen molar-refractivity contribution in [3.05, 3.63) is 0 Å². The topological polar surface area (TPSA) is 84.6 Å². The van der Waals surface area contributed by atoms with Gasteiger partial charge in [-0.25, -0.2) is 0 Å². The molecular formula is C14H26N2O3. The molecular weight excluding hydrogens is 244 g/mol. The number of hydrogen-bond donors (Lipinski definition) is 3. The molecule has 0 radical (unpaired) electrons. The molecule has 0 aromatic heterocycles. The highest BCUT2D eigenvalue weighted by molar-refractivity contribution is 5.89. The highest BCUT2D eigenvalue weighted by Gasteiger charge is 2.71. The van der Waals surface area contributed by atoms with Crippen LogP contribution in [0, 0.1) is 11.3 Å². The van der Waals surface area contributed by atoms with Gasteiger partial charge in [-0.15, -0.1) is 0 Å². The molecule has 2 aliphatic rings. The highest BCUT2D eigenvalue weighted by atomic mass is 16.5. The van der Waals surface area contributed by atoms with Crippen molar-refractivity contribution >= 4 is 5.91 Å². The predicted molar refractivity (Wildman–Crippen MR) is 72.5 cm³/mol. The Kier molecular flexibility index (Phi) is 3.44. The number of nitrogens with two attached hydrogens (primary N) is 1. The molecule has 1 aliphatic carbocycles. The van der Waals surface area contributed by atoms with Gasteiger partial charge in [0.2, 0.25) is 5.91 Å². The van der Waals surface area contributed by atoms with E-state index in [2.05, 4.69) is 5.32 Å². The highest BCUT2D eigenvalue weighted by Crippen LogP contribution is 2.58. The molecule has 2 fully saturated rings. The van der Waals surface area contributed by atoms with E-state index in [1.807, 2.05) is 20.8 Å². The quantitative estimate of drug-likeness (QED) is 0.690. The van der Waals surface area contributed by atoms with Crippen molar-refractivity contribution in [1.29, 1.82) is 0 Å². The molecule has 0 aromatic carbocycles. The van der Waals surface area contributed by atoms with Crippen LogP contribution in [-0.2, 0) is 9.53 Å². The third-order valence-corrected chi connectivity index (χ3v) is 5.22. The van der Waals surface area contributed by atoms with Crippen molar-refractivity contribution in [2.24, 2.45) is 17.1 Å². The van der Waals surface area contributed by atoms with Gasteiger partial charge in [-0.05, 0) is 19.8 Å². The first-order valence-corrected chi connectivity index (χ1v) is 7.08. The van der Waals surface area contributed by atoms with Gasteiger partial charge in [-0.3, -0.25) is 4.79 Å². The van der Waals surface area contributed by atoms with Crippen molar-refractivity contribution in [2.75, 3.05) is 13.2 Å². The second-order valence-electron chi connectivity index (χ2n) is 6.81. The molecule has 5 heteroatoms. The fourth-order valence-electron chi connectivity index (χ4n) is 3.39. The van der Waals surface area contributed by atoms with Crippen LogP contribution in [0.4, 0.5) is 0 Å². The van der Waals surface area contributed by atoms with E-state index in [-0.39, 0.29) is 29.9 Å². The molecule has 1 saturated carbocycles. The van der Waals surface area contributed by atoms with Gasteiger partial charge in [0.1, 0.15) is 5.54 Å². The average molecular weight is 270 g/mol. The maximum absolute atomic E-state index is 12.5. The molecule has 2 rings (SSSR count). The third-order valence-electron chi connectivity index (χ3n) is 5.22. The Hall–Kier alpha value is -0.650. The second-order valence-corrected chi connectivity index (χ2v) is 6.81.